The van der Waals surface area contributed by atoms with Gasteiger partial charge in [-0.05, 0) is 50.7 Å². The lowest BCUT2D eigenvalue weighted by Gasteiger charge is -2.47. The highest BCUT2D eigenvalue weighted by atomic mass is 16.5. The molecule has 1 aliphatic rings. The van der Waals surface area contributed by atoms with Crippen LogP contribution in [0.5, 0.6) is 5.75 Å². The molecule has 2 atom stereocenters. The molecule has 1 unspecified atom stereocenters. The van der Waals surface area contributed by atoms with E-state index in [-0.39, 0.29) is 11.9 Å². The number of hydrogen-bond acceptors (Lipinski definition) is 2. The minimum Gasteiger partial charge on any atom is -0.478 e. The average molecular weight is 466 g/mol. The van der Waals surface area contributed by atoms with Crippen molar-refractivity contribution in [1.82, 2.24) is 0 Å². The second-order valence-corrected chi connectivity index (χ2v) is 9.24. The van der Waals surface area contributed by atoms with E-state index >= 15 is 0 Å². The Kier molecular flexibility index (Phi) is 4.74. The Morgan fingerprint density at radius 3 is 1.94 bits per heavy atom. The van der Waals surface area contributed by atoms with E-state index in [1.54, 1.807) is 0 Å². The second kappa shape index (κ2) is 8.24. The van der Waals surface area contributed by atoms with Gasteiger partial charge in [0.1, 0.15) is 11.8 Å². The number of hydrogen-bond donors (Lipinski definition) is 0. The summed E-state index contributed by atoms with van der Waals surface area (Å²) >= 11 is 0. The van der Waals surface area contributed by atoms with Crippen LogP contribution in [0.2, 0.25) is 0 Å². The van der Waals surface area contributed by atoms with E-state index in [0.29, 0.717) is 5.75 Å². The number of carbonyl (C=O) groups excluding carboxylic acids is 1. The molecule has 0 N–H and O–H groups in total. The van der Waals surface area contributed by atoms with Gasteiger partial charge in [-0.2, -0.15) is 0 Å². The highest BCUT2D eigenvalue weighted by Crippen LogP contribution is 2.46. The van der Waals surface area contributed by atoms with Crippen LogP contribution in [0, 0.1) is 0 Å². The highest BCUT2D eigenvalue weighted by molar-refractivity contribution is 6.23. The molecule has 0 saturated carbocycles. The van der Waals surface area contributed by atoms with Crippen molar-refractivity contribution in [3.05, 3.63) is 133 Å². The molecule has 3 heteroatoms. The van der Waals surface area contributed by atoms with Gasteiger partial charge < -0.3 is 4.74 Å². The quantitative estimate of drug-likeness (QED) is 0.197. The molecule has 0 aromatic heterocycles. The van der Waals surface area contributed by atoms with Gasteiger partial charge in [0.2, 0.25) is 6.10 Å². The Labute approximate surface area is 209 Å². The molecule has 0 spiro atoms. The van der Waals surface area contributed by atoms with Crippen LogP contribution in [0.4, 0.5) is 5.69 Å². The van der Waals surface area contributed by atoms with Crippen molar-refractivity contribution in [1.29, 1.82) is 0 Å². The third kappa shape index (κ3) is 3.17. The van der Waals surface area contributed by atoms with Crippen LogP contribution < -0.4 is 9.64 Å². The first-order valence-electron chi connectivity index (χ1n) is 12.2. The van der Waals surface area contributed by atoms with Crippen LogP contribution in [-0.2, 0) is 4.79 Å². The molecule has 1 fully saturated rings. The molecule has 36 heavy (non-hydrogen) atoms. The van der Waals surface area contributed by atoms with E-state index in [0.717, 1.165) is 27.4 Å². The lowest BCUT2D eigenvalue weighted by Crippen LogP contribution is -2.61. The molecule has 0 aliphatic carbocycles. The van der Waals surface area contributed by atoms with Crippen LogP contribution in [0.1, 0.15) is 11.6 Å². The van der Waals surface area contributed by atoms with Gasteiger partial charge >= 0.3 is 0 Å². The fourth-order valence-electron chi connectivity index (χ4n) is 5.51. The van der Waals surface area contributed by atoms with Crippen molar-refractivity contribution in [3.63, 3.8) is 0 Å². The van der Waals surface area contributed by atoms with Gasteiger partial charge in [0, 0.05) is 5.39 Å². The lowest BCUT2D eigenvalue weighted by atomic mass is 9.87. The third-order valence-electron chi connectivity index (χ3n) is 7.20. The topological polar surface area (TPSA) is 29.5 Å². The third-order valence-corrected chi connectivity index (χ3v) is 7.20. The molecular weight excluding hydrogens is 442 g/mol. The van der Waals surface area contributed by atoms with E-state index in [9.17, 15) is 4.79 Å². The Morgan fingerprint density at radius 2 is 1.17 bits per heavy atom. The van der Waals surface area contributed by atoms with E-state index in [2.05, 4.69) is 72.8 Å². The van der Waals surface area contributed by atoms with Crippen molar-refractivity contribution in [3.8, 4) is 5.75 Å². The standard InChI is InChI=1S/C33H23NO2/c35-33-32(36-24-14-5-2-6-15-24)31(23-12-3-1-4-13-23)34(33)30-21-29-25-16-8-7-11-22(25)19-20-27(29)26-17-9-10-18-28(26)30/h1-21,31-32H/t31-,32?/m0/s1. The van der Waals surface area contributed by atoms with Gasteiger partial charge in [-0.3, -0.25) is 9.69 Å². The number of β-lactam (4-membered cyclic amide) rings is 1. The van der Waals surface area contributed by atoms with Gasteiger partial charge in [-0.1, -0.05) is 109 Å². The largest absolute Gasteiger partial charge is 0.478 e. The summed E-state index contributed by atoms with van der Waals surface area (Å²) in [5, 5.41) is 6.91. The molecule has 7 rings (SSSR count). The normalized spacial score (nSPS) is 17.4. The fraction of sp³-hybridized carbons (Fsp3) is 0.0606. The maximum absolute atomic E-state index is 13.8. The number of rotatable bonds is 4. The number of ether oxygens (including phenoxy) is 1. The van der Waals surface area contributed by atoms with Crippen molar-refractivity contribution in [2.24, 2.45) is 0 Å². The first-order valence-corrected chi connectivity index (χ1v) is 12.2. The maximum Gasteiger partial charge on any atom is 0.271 e. The Morgan fingerprint density at radius 1 is 0.556 bits per heavy atom. The summed E-state index contributed by atoms with van der Waals surface area (Å²) in [6, 6.07) is 42.9. The van der Waals surface area contributed by atoms with Crippen LogP contribution >= 0.6 is 0 Å². The Balaban J connectivity index is 1.45. The predicted octanol–water partition coefficient (Wildman–Crippen LogP) is 7.68. The number of para-hydroxylation sites is 1. The summed E-state index contributed by atoms with van der Waals surface area (Å²) in [6.45, 7) is 0. The zero-order valence-corrected chi connectivity index (χ0v) is 19.5. The average Bonchev–Trinajstić information content (AvgIpc) is 2.95. The molecular formula is C33H23NO2. The van der Waals surface area contributed by atoms with Crippen LogP contribution in [0.15, 0.2) is 127 Å². The molecule has 3 nitrogen and oxygen atoms in total. The smallest absolute Gasteiger partial charge is 0.271 e. The number of benzene rings is 6. The minimum absolute atomic E-state index is 0.0301. The van der Waals surface area contributed by atoms with E-state index < -0.39 is 6.10 Å². The van der Waals surface area contributed by atoms with E-state index in [1.807, 2.05) is 59.5 Å². The van der Waals surface area contributed by atoms with Gasteiger partial charge in [-0.15, -0.1) is 0 Å². The lowest BCUT2D eigenvalue weighted by molar-refractivity contribution is -0.135. The minimum atomic E-state index is -0.586. The van der Waals surface area contributed by atoms with Crippen molar-refractivity contribution in [2.75, 3.05) is 4.90 Å². The van der Waals surface area contributed by atoms with Crippen molar-refractivity contribution >= 4 is 43.9 Å². The summed E-state index contributed by atoms with van der Waals surface area (Å²) in [7, 11) is 0. The number of carbonyl (C=O) groups is 1. The summed E-state index contributed by atoms with van der Waals surface area (Å²) in [5.74, 6) is 0.670. The molecule has 1 heterocycles. The van der Waals surface area contributed by atoms with Gasteiger partial charge in [0.25, 0.3) is 5.91 Å². The zero-order valence-electron chi connectivity index (χ0n) is 19.5. The molecule has 172 valence electrons. The summed E-state index contributed by atoms with van der Waals surface area (Å²) < 4.78 is 6.26. The van der Waals surface area contributed by atoms with Crippen LogP contribution in [-0.4, -0.2) is 12.0 Å². The maximum atomic E-state index is 13.8. The zero-order chi connectivity index (χ0) is 24.1. The SMILES string of the molecule is O=C1C(Oc2ccccc2)[C@H](c2ccccc2)N1c1cc2c3ccccc3ccc2c2ccccc12. The number of nitrogens with zero attached hydrogens (tertiary/aromatic N) is 1. The van der Waals surface area contributed by atoms with Crippen LogP contribution in [0.25, 0.3) is 32.3 Å². The van der Waals surface area contributed by atoms with E-state index in [4.69, 9.17) is 4.74 Å². The molecule has 1 amide bonds. The molecule has 0 bridgehead atoms. The second-order valence-electron chi connectivity index (χ2n) is 9.24. The summed E-state index contributed by atoms with van der Waals surface area (Å²) in [5.41, 5.74) is 1.97. The van der Waals surface area contributed by atoms with Gasteiger partial charge in [-0.25, -0.2) is 0 Å². The molecule has 1 aliphatic heterocycles. The monoisotopic (exact) mass is 465 g/mol. The first kappa shape index (κ1) is 20.7. The highest BCUT2D eigenvalue weighted by Gasteiger charge is 2.51. The Bertz CT molecular complexity index is 1740. The van der Waals surface area contributed by atoms with Gasteiger partial charge in [0.05, 0.1) is 5.69 Å². The molecule has 6 aromatic rings. The van der Waals surface area contributed by atoms with Crippen molar-refractivity contribution in [2.45, 2.75) is 12.1 Å². The summed E-state index contributed by atoms with van der Waals surface area (Å²) in [6.07, 6.45) is -0.586. The van der Waals surface area contributed by atoms with E-state index in [1.165, 1.54) is 16.2 Å². The number of fused-ring (bicyclic) bond motifs is 5. The predicted molar refractivity (Wildman–Crippen MR) is 146 cm³/mol. The van der Waals surface area contributed by atoms with Gasteiger partial charge in [0.15, 0.2) is 0 Å². The molecule has 0 radical (unpaired) electrons. The van der Waals surface area contributed by atoms with Crippen molar-refractivity contribution < 1.29 is 9.53 Å². The molecule has 1 saturated heterocycles. The number of amides is 1. The fourth-order valence-corrected chi connectivity index (χ4v) is 5.51. The Hall–Kier alpha value is -4.63. The first-order chi connectivity index (χ1) is 17.8. The molecule has 6 aromatic carbocycles. The summed E-state index contributed by atoms with van der Waals surface area (Å²) in [4.78, 5) is 15.7. The number of anilines is 1. The van der Waals surface area contributed by atoms with Crippen LogP contribution in [0.3, 0.4) is 0 Å².